The van der Waals surface area contributed by atoms with Crippen LogP contribution in [-0.4, -0.2) is 16.3 Å². The summed E-state index contributed by atoms with van der Waals surface area (Å²) in [5.74, 6) is 0. The predicted molar refractivity (Wildman–Crippen MR) is 63.8 cm³/mol. The van der Waals surface area contributed by atoms with Gasteiger partial charge in [0.15, 0.2) is 0 Å². The first-order valence-corrected chi connectivity index (χ1v) is 5.43. The number of nitrogens with zero attached hydrogens (tertiary/aromatic N) is 2. The van der Waals surface area contributed by atoms with Crippen LogP contribution in [0.3, 0.4) is 0 Å². The number of hydrogen-bond acceptors (Lipinski definition) is 2. The van der Waals surface area contributed by atoms with E-state index in [1.54, 1.807) is 0 Å². The first-order valence-electron chi connectivity index (χ1n) is 5.43. The molecule has 0 amide bonds. The zero-order chi connectivity index (χ0) is 11.4. The van der Waals surface area contributed by atoms with Crippen LogP contribution in [-0.2, 0) is 7.05 Å². The van der Waals surface area contributed by atoms with Gasteiger partial charge in [0.05, 0.1) is 11.7 Å². The highest BCUT2D eigenvalue weighted by molar-refractivity contribution is 5.25. The number of hydrogen-bond donors (Lipinski definition) is 1. The van der Waals surface area contributed by atoms with Crippen molar-refractivity contribution in [1.82, 2.24) is 15.1 Å². The third-order valence-electron chi connectivity index (χ3n) is 2.31. The molecule has 0 saturated carbocycles. The molecule has 0 spiro atoms. The molecule has 0 fully saturated rings. The van der Waals surface area contributed by atoms with Gasteiger partial charge in [-0.25, -0.2) is 0 Å². The molecule has 0 aliphatic heterocycles. The summed E-state index contributed by atoms with van der Waals surface area (Å²) in [7, 11) is 1.96. The van der Waals surface area contributed by atoms with E-state index in [4.69, 9.17) is 0 Å². The third kappa shape index (κ3) is 3.20. The first kappa shape index (κ1) is 12.0. The van der Waals surface area contributed by atoms with Crippen LogP contribution in [0, 0.1) is 6.92 Å². The molecular formula is C12H21N3. The molecule has 0 bridgehead atoms. The Balaban J connectivity index is 2.98. The van der Waals surface area contributed by atoms with Crippen LogP contribution in [0.25, 0.3) is 0 Å². The summed E-state index contributed by atoms with van der Waals surface area (Å²) in [5, 5.41) is 7.82. The van der Waals surface area contributed by atoms with Gasteiger partial charge in [-0.3, -0.25) is 4.68 Å². The Bertz CT molecular complexity index is 346. The highest BCUT2D eigenvalue weighted by Gasteiger charge is 2.12. The summed E-state index contributed by atoms with van der Waals surface area (Å²) >= 11 is 0. The number of rotatable bonds is 4. The second-order valence-electron chi connectivity index (χ2n) is 4.12. The Morgan fingerprint density at radius 3 is 2.67 bits per heavy atom. The SMILES string of the molecule is CCNC(C=C(C)C)c1cn(C)nc1C. The predicted octanol–water partition coefficient (Wildman–Crippen LogP) is 2.35. The van der Waals surface area contributed by atoms with Gasteiger partial charge in [-0.1, -0.05) is 18.6 Å². The molecule has 1 atom stereocenters. The fourth-order valence-corrected chi connectivity index (χ4v) is 1.74. The van der Waals surface area contributed by atoms with Crippen molar-refractivity contribution in [3.05, 3.63) is 29.1 Å². The van der Waals surface area contributed by atoms with Gasteiger partial charge in [0, 0.05) is 18.8 Å². The molecule has 0 radical (unpaired) electrons. The van der Waals surface area contributed by atoms with Crippen molar-refractivity contribution in [1.29, 1.82) is 0 Å². The van der Waals surface area contributed by atoms with Gasteiger partial charge >= 0.3 is 0 Å². The molecule has 1 aromatic rings. The van der Waals surface area contributed by atoms with E-state index in [2.05, 4.69) is 50.4 Å². The first-order chi connectivity index (χ1) is 7.04. The number of likely N-dealkylation sites (N-methyl/N-ethyl adjacent to an activating group) is 1. The van der Waals surface area contributed by atoms with Crippen LogP contribution in [0.5, 0.6) is 0 Å². The minimum atomic E-state index is 0.286. The van der Waals surface area contributed by atoms with E-state index in [0.717, 1.165) is 12.2 Å². The van der Waals surface area contributed by atoms with Crippen molar-refractivity contribution in [2.24, 2.45) is 7.05 Å². The maximum Gasteiger partial charge on any atom is 0.0644 e. The molecule has 15 heavy (non-hydrogen) atoms. The van der Waals surface area contributed by atoms with E-state index < -0.39 is 0 Å². The van der Waals surface area contributed by atoms with Crippen molar-refractivity contribution in [2.45, 2.75) is 33.7 Å². The Morgan fingerprint density at radius 2 is 2.27 bits per heavy atom. The maximum atomic E-state index is 4.37. The smallest absolute Gasteiger partial charge is 0.0644 e. The Morgan fingerprint density at radius 1 is 1.60 bits per heavy atom. The monoisotopic (exact) mass is 207 g/mol. The fraction of sp³-hybridized carbons (Fsp3) is 0.583. The van der Waals surface area contributed by atoms with Crippen LogP contribution in [0.4, 0.5) is 0 Å². The highest BCUT2D eigenvalue weighted by atomic mass is 15.3. The minimum Gasteiger partial charge on any atom is -0.307 e. The molecular weight excluding hydrogens is 186 g/mol. The standard InChI is InChI=1S/C12H21N3/c1-6-13-12(7-9(2)3)11-8-15(5)14-10(11)4/h7-8,12-13H,6H2,1-5H3. The largest absolute Gasteiger partial charge is 0.307 e. The van der Waals surface area contributed by atoms with Gasteiger partial charge in [0.2, 0.25) is 0 Å². The Kier molecular flexibility index (Phi) is 4.09. The van der Waals surface area contributed by atoms with E-state index in [1.807, 2.05) is 11.7 Å². The molecule has 1 aromatic heterocycles. The lowest BCUT2D eigenvalue weighted by molar-refractivity contribution is 0.641. The lowest BCUT2D eigenvalue weighted by Gasteiger charge is -2.13. The number of allylic oxidation sites excluding steroid dienone is 1. The zero-order valence-corrected chi connectivity index (χ0v) is 10.3. The summed E-state index contributed by atoms with van der Waals surface area (Å²) in [4.78, 5) is 0. The summed E-state index contributed by atoms with van der Waals surface area (Å²) < 4.78 is 1.87. The average molecular weight is 207 g/mol. The van der Waals surface area contributed by atoms with Crippen molar-refractivity contribution >= 4 is 0 Å². The molecule has 1 unspecified atom stereocenters. The van der Waals surface area contributed by atoms with Crippen LogP contribution >= 0.6 is 0 Å². The fourth-order valence-electron chi connectivity index (χ4n) is 1.74. The summed E-state index contributed by atoms with van der Waals surface area (Å²) in [6.45, 7) is 9.38. The quantitative estimate of drug-likeness (QED) is 0.768. The molecule has 0 aliphatic rings. The van der Waals surface area contributed by atoms with Gasteiger partial charge < -0.3 is 5.32 Å². The lowest BCUT2D eigenvalue weighted by atomic mass is 10.1. The molecule has 1 rings (SSSR count). The average Bonchev–Trinajstić information content (AvgIpc) is 2.44. The van der Waals surface area contributed by atoms with Crippen molar-refractivity contribution in [2.75, 3.05) is 6.54 Å². The summed E-state index contributed by atoms with van der Waals surface area (Å²) in [6.07, 6.45) is 4.33. The van der Waals surface area contributed by atoms with E-state index in [9.17, 15) is 0 Å². The van der Waals surface area contributed by atoms with Crippen LogP contribution in [0.15, 0.2) is 17.8 Å². The van der Waals surface area contributed by atoms with Gasteiger partial charge in [0.25, 0.3) is 0 Å². The number of nitrogens with one attached hydrogen (secondary N) is 1. The summed E-state index contributed by atoms with van der Waals surface area (Å²) in [5.41, 5.74) is 3.69. The molecule has 0 aromatic carbocycles. The third-order valence-corrected chi connectivity index (χ3v) is 2.31. The molecule has 0 aliphatic carbocycles. The molecule has 1 heterocycles. The van der Waals surface area contributed by atoms with Crippen molar-refractivity contribution in [3.8, 4) is 0 Å². The molecule has 3 nitrogen and oxygen atoms in total. The van der Waals surface area contributed by atoms with Gasteiger partial charge in [-0.05, 0) is 27.3 Å². The number of aryl methyl sites for hydroxylation is 2. The maximum absolute atomic E-state index is 4.37. The highest BCUT2D eigenvalue weighted by Crippen LogP contribution is 2.18. The normalized spacial score (nSPS) is 12.6. The molecule has 3 heteroatoms. The zero-order valence-electron chi connectivity index (χ0n) is 10.3. The Hall–Kier alpha value is -1.09. The second-order valence-corrected chi connectivity index (χ2v) is 4.12. The van der Waals surface area contributed by atoms with Gasteiger partial charge in [-0.15, -0.1) is 0 Å². The minimum absolute atomic E-state index is 0.286. The van der Waals surface area contributed by atoms with E-state index in [-0.39, 0.29) is 6.04 Å². The van der Waals surface area contributed by atoms with Gasteiger partial charge in [0.1, 0.15) is 0 Å². The summed E-state index contributed by atoms with van der Waals surface area (Å²) in [6, 6.07) is 0.286. The van der Waals surface area contributed by atoms with E-state index in [0.29, 0.717) is 0 Å². The van der Waals surface area contributed by atoms with Crippen LogP contribution < -0.4 is 5.32 Å². The second kappa shape index (κ2) is 5.12. The molecule has 0 saturated heterocycles. The topological polar surface area (TPSA) is 29.9 Å². The lowest BCUT2D eigenvalue weighted by Crippen LogP contribution is -2.19. The van der Waals surface area contributed by atoms with E-state index >= 15 is 0 Å². The van der Waals surface area contributed by atoms with Gasteiger partial charge in [-0.2, -0.15) is 5.10 Å². The number of aromatic nitrogens is 2. The molecule has 84 valence electrons. The Labute approximate surface area is 92.2 Å². The van der Waals surface area contributed by atoms with Crippen LogP contribution in [0.2, 0.25) is 0 Å². The van der Waals surface area contributed by atoms with Crippen LogP contribution in [0.1, 0.15) is 38.1 Å². The van der Waals surface area contributed by atoms with Crippen molar-refractivity contribution < 1.29 is 0 Å². The molecule has 1 N–H and O–H groups in total. The van der Waals surface area contributed by atoms with Crippen molar-refractivity contribution in [3.63, 3.8) is 0 Å². The van der Waals surface area contributed by atoms with E-state index in [1.165, 1.54) is 11.1 Å².